The Hall–Kier alpha value is -3.61. The fourth-order valence-corrected chi connectivity index (χ4v) is 3.18. The van der Waals surface area contributed by atoms with Gasteiger partial charge in [-0.25, -0.2) is 4.79 Å². The monoisotopic (exact) mass is 391 g/mol. The van der Waals surface area contributed by atoms with Crippen LogP contribution in [-0.2, 0) is 16.6 Å². The third kappa shape index (κ3) is 4.13. The summed E-state index contributed by atoms with van der Waals surface area (Å²) in [6, 6.07) is 14.4. The molecule has 0 radical (unpaired) electrons. The lowest BCUT2D eigenvalue weighted by Crippen LogP contribution is -2.28. The molecule has 7 nitrogen and oxygen atoms in total. The van der Waals surface area contributed by atoms with Gasteiger partial charge in [0.2, 0.25) is 0 Å². The second-order valence-electron chi connectivity index (χ2n) is 7.09. The van der Waals surface area contributed by atoms with Crippen LogP contribution in [0.2, 0.25) is 0 Å². The molecule has 7 heteroatoms. The summed E-state index contributed by atoms with van der Waals surface area (Å²) in [6.45, 7) is -0.444. The first-order valence-electron chi connectivity index (χ1n) is 9.44. The topological polar surface area (TPSA) is 89.4 Å². The van der Waals surface area contributed by atoms with E-state index in [2.05, 4.69) is 10.6 Å². The second-order valence-corrected chi connectivity index (χ2v) is 7.09. The molecule has 1 heterocycles. The molecule has 0 saturated heterocycles. The van der Waals surface area contributed by atoms with Crippen molar-refractivity contribution in [2.75, 3.05) is 11.9 Å². The lowest BCUT2D eigenvalue weighted by molar-refractivity contribution is -0.119. The number of carbonyl (C=O) groups excluding carboxylic acids is 3. The highest BCUT2D eigenvalue weighted by molar-refractivity contribution is 6.06. The minimum atomic E-state index is -0.572. The van der Waals surface area contributed by atoms with Gasteiger partial charge in [-0.15, -0.1) is 0 Å². The smallest absolute Gasteiger partial charge is 0.340 e. The van der Waals surface area contributed by atoms with Gasteiger partial charge in [0.05, 0.1) is 16.8 Å². The summed E-state index contributed by atoms with van der Waals surface area (Å²) in [5.41, 5.74) is 2.07. The van der Waals surface area contributed by atoms with Crippen molar-refractivity contribution in [3.63, 3.8) is 0 Å². The number of carbonyl (C=O) groups is 3. The predicted molar refractivity (Wildman–Crippen MR) is 109 cm³/mol. The van der Waals surface area contributed by atoms with Gasteiger partial charge in [-0.3, -0.25) is 9.59 Å². The number of anilines is 1. The molecule has 2 N–H and O–H groups in total. The molecule has 0 unspecified atom stereocenters. The summed E-state index contributed by atoms with van der Waals surface area (Å²) in [7, 11) is 1.84. The van der Waals surface area contributed by atoms with Gasteiger partial charge in [0.1, 0.15) is 0 Å². The Morgan fingerprint density at radius 1 is 1.03 bits per heavy atom. The van der Waals surface area contributed by atoms with E-state index in [0.717, 1.165) is 23.7 Å². The maximum absolute atomic E-state index is 12.5. The van der Waals surface area contributed by atoms with E-state index in [4.69, 9.17) is 4.74 Å². The molecule has 4 rings (SSSR count). The number of ether oxygens (including phenoxy) is 1. The van der Waals surface area contributed by atoms with E-state index in [-0.39, 0.29) is 11.9 Å². The van der Waals surface area contributed by atoms with Crippen LogP contribution in [0.5, 0.6) is 0 Å². The largest absolute Gasteiger partial charge is 0.452 e. The first-order valence-corrected chi connectivity index (χ1v) is 9.44. The lowest BCUT2D eigenvalue weighted by Gasteiger charge is -2.11. The zero-order valence-electron chi connectivity index (χ0n) is 16.0. The number of nitrogens with one attached hydrogen (secondary N) is 2. The van der Waals surface area contributed by atoms with Crippen LogP contribution in [-0.4, -0.2) is 35.0 Å². The predicted octanol–water partition coefficient (Wildman–Crippen LogP) is 2.87. The van der Waals surface area contributed by atoms with Gasteiger partial charge in [-0.1, -0.05) is 30.3 Å². The Morgan fingerprint density at radius 2 is 1.76 bits per heavy atom. The molecule has 0 spiro atoms. The lowest BCUT2D eigenvalue weighted by atomic mass is 10.1. The first-order chi connectivity index (χ1) is 14.0. The quantitative estimate of drug-likeness (QED) is 0.633. The number of nitrogens with zero attached hydrogens (tertiary/aromatic N) is 1. The molecule has 1 aliphatic carbocycles. The molecule has 1 aliphatic rings. The van der Waals surface area contributed by atoms with Crippen molar-refractivity contribution in [3.8, 4) is 0 Å². The molecule has 0 aliphatic heterocycles. The molecule has 29 heavy (non-hydrogen) atoms. The van der Waals surface area contributed by atoms with Crippen molar-refractivity contribution in [1.82, 2.24) is 9.88 Å². The summed E-state index contributed by atoms with van der Waals surface area (Å²) in [5.74, 6) is -1.31. The van der Waals surface area contributed by atoms with Gasteiger partial charge in [0, 0.05) is 30.2 Å². The van der Waals surface area contributed by atoms with Gasteiger partial charge in [0.25, 0.3) is 11.8 Å². The molecule has 148 valence electrons. The van der Waals surface area contributed by atoms with Crippen LogP contribution in [0.1, 0.15) is 33.6 Å². The van der Waals surface area contributed by atoms with Crippen molar-refractivity contribution in [3.05, 3.63) is 65.9 Å². The molecule has 3 aromatic rings. The zero-order valence-corrected chi connectivity index (χ0v) is 16.0. The van der Waals surface area contributed by atoms with Gasteiger partial charge in [-0.2, -0.15) is 0 Å². The van der Waals surface area contributed by atoms with E-state index >= 15 is 0 Å². The van der Waals surface area contributed by atoms with Crippen LogP contribution < -0.4 is 10.6 Å². The van der Waals surface area contributed by atoms with Crippen molar-refractivity contribution in [2.24, 2.45) is 7.05 Å². The Morgan fingerprint density at radius 3 is 2.55 bits per heavy atom. The molecule has 1 saturated carbocycles. The highest BCUT2D eigenvalue weighted by Crippen LogP contribution is 2.22. The van der Waals surface area contributed by atoms with E-state index < -0.39 is 18.5 Å². The number of para-hydroxylation sites is 2. The van der Waals surface area contributed by atoms with Crippen LogP contribution in [0.4, 0.5) is 5.69 Å². The van der Waals surface area contributed by atoms with Crippen molar-refractivity contribution in [1.29, 1.82) is 0 Å². The van der Waals surface area contributed by atoms with Crippen molar-refractivity contribution in [2.45, 2.75) is 18.9 Å². The summed E-state index contributed by atoms with van der Waals surface area (Å²) in [6.07, 6.45) is 3.64. The number of aromatic nitrogens is 1. The summed E-state index contributed by atoms with van der Waals surface area (Å²) in [4.78, 5) is 37.1. The Labute approximate surface area is 167 Å². The van der Waals surface area contributed by atoms with E-state index in [0.29, 0.717) is 16.8 Å². The summed E-state index contributed by atoms with van der Waals surface area (Å²) in [5, 5.41) is 6.32. The van der Waals surface area contributed by atoms with E-state index in [1.807, 2.05) is 35.9 Å². The third-order valence-electron chi connectivity index (χ3n) is 4.81. The number of amides is 2. The van der Waals surface area contributed by atoms with Crippen molar-refractivity contribution >= 4 is 34.4 Å². The Balaban J connectivity index is 1.40. The number of hydrogen-bond donors (Lipinski definition) is 2. The molecular weight excluding hydrogens is 370 g/mol. The number of hydrogen-bond acceptors (Lipinski definition) is 4. The first kappa shape index (κ1) is 18.7. The van der Waals surface area contributed by atoms with E-state index in [1.165, 1.54) is 0 Å². The highest BCUT2D eigenvalue weighted by atomic mass is 16.5. The van der Waals surface area contributed by atoms with Crippen LogP contribution in [0.15, 0.2) is 54.7 Å². The van der Waals surface area contributed by atoms with Crippen LogP contribution in [0.25, 0.3) is 10.9 Å². The molecule has 1 aromatic heterocycles. The Bertz CT molecular complexity index is 1100. The third-order valence-corrected chi connectivity index (χ3v) is 4.81. The van der Waals surface area contributed by atoms with Gasteiger partial charge in [-0.05, 0) is 31.0 Å². The maximum atomic E-state index is 12.5. The van der Waals surface area contributed by atoms with E-state index in [1.54, 1.807) is 30.5 Å². The minimum Gasteiger partial charge on any atom is -0.452 e. The standard InChI is InChI=1S/C22H21N3O4/c1-25-12-17(15-6-3-5-9-19(15)25)22(28)29-13-20(26)24-18-8-4-2-7-16(18)21(27)23-14-10-11-14/h2-9,12,14H,10-11,13H2,1H3,(H,23,27)(H,24,26). The number of fused-ring (bicyclic) bond motifs is 1. The fourth-order valence-electron chi connectivity index (χ4n) is 3.18. The highest BCUT2D eigenvalue weighted by Gasteiger charge is 2.25. The molecule has 0 atom stereocenters. The van der Waals surface area contributed by atoms with Crippen molar-refractivity contribution < 1.29 is 19.1 Å². The summed E-state index contributed by atoms with van der Waals surface area (Å²) >= 11 is 0. The molecule has 2 aromatic carbocycles. The molecule has 2 amide bonds. The average molecular weight is 391 g/mol. The molecular formula is C22H21N3O4. The van der Waals surface area contributed by atoms with Gasteiger partial charge in [0.15, 0.2) is 6.61 Å². The van der Waals surface area contributed by atoms with Crippen LogP contribution in [0, 0.1) is 0 Å². The Kier molecular flexibility index (Phi) is 5.03. The minimum absolute atomic E-state index is 0.216. The summed E-state index contributed by atoms with van der Waals surface area (Å²) < 4.78 is 7.03. The maximum Gasteiger partial charge on any atom is 0.340 e. The average Bonchev–Trinajstić information content (AvgIpc) is 3.48. The van der Waals surface area contributed by atoms with Crippen LogP contribution in [0.3, 0.4) is 0 Å². The second kappa shape index (κ2) is 7.79. The zero-order chi connectivity index (χ0) is 20.4. The fraction of sp³-hybridized carbons (Fsp3) is 0.227. The number of benzene rings is 2. The van der Waals surface area contributed by atoms with Crippen LogP contribution >= 0.6 is 0 Å². The van der Waals surface area contributed by atoms with Gasteiger partial charge >= 0.3 is 5.97 Å². The number of aryl methyl sites for hydroxylation is 1. The number of rotatable bonds is 6. The molecule has 0 bridgehead atoms. The number of esters is 1. The normalized spacial score (nSPS) is 13.1. The molecule has 1 fully saturated rings. The SMILES string of the molecule is Cn1cc(C(=O)OCC(=O)Nc2ccccc2C(=O)NC2CC2)c2ccccc21. The van der Waals surface area contributed by atoms with E-state index in [9.17, 15) is 14.4 Å². The van der Waals surface area contributed by atoms with Gasteiger partial charge < -0.3 is 19.9 Å².